The van der Waals surface area contributed by atoms with Crippen LogP contribution in [0.2, 0.25) is 5.02 Å². The lowest BCUT2D eigenvalue weighted by atomic mass is 9.51. The first-order valence-corrected chi connectivity index (χ1v) is 9.22. The van der Waals surface area contributed by atoms with Crippen molar-refractivity contribution in [2.24, 2.45) is 22.7 Å². The van der Waals surface area contributed by atoms with E-state index in [1.165, 1.54) is 0 Å². The van der Waals surface area contributed by atoms with E-state index in [1.807, 2.05) is 0 Å². The molecule has 6 nitrogen and oxygen atoms in total. The molecule has 0 aromatic heterocycles. The second kappa shape index (κ2) is 5.70. The fraction of sp³-hybridized carbons (Fsp3) is 0.500. The molecule has 1 N–H and O–H groups in total. The van der Waals surface area contributed by atoms with Gasteiger partial charge in [-0.1, -0.05) is 30.7 Å². The van der Waals surface area contributed by atoms with Gasteiger partial charge in [-0.2, -0.15) is 15.8 Å². The summed E-state index contributed by atoms with van der Waals surface area (Å²) in [5.41, 5.74) is -3.00. The van der Waals surface area contributed by atoms with E-state index in [0.29, 0.717) is 23.4 Å². The van der Waals surface area contributed by atoms with Crippen LogP contribution in [-0.2, 0) is 9.47 Å². The van der Waals surface area contributed by atoms with Gasteiger partial charge in [-0.15, -0.1) is 0 Å². The van der Waals surface area contributed by atoms with Crippen LogP contribution < -0.4 is 0 Å². The Bertz CT molecular complexity index is 927. The van der Waals surface area contributed by atoms with Gasteiger partial charge in [0.05, 0.1) is 24.1 Å². The van der Waals surface area contributed by atoms with Gasteiger partial charge >= 0.3 is 0 Å². The van der Waals surface area contributed by atoms with Gasteiger partial charge in [0.1, 0.15) is 6.10 Å². The van der Waals surface area contributed by atoms with Crippen molar-refractivity contribution in [3.8, 4) is 18.2 Å². The summed E-state index contributed by atoms with van der Waals surface area (Å²) in [7, 11) is 0. The third kappa shape index (κ3) is 1.99. The SMILES string of the molecule is CC1CCC23OC(=N)C(C#N)(C2C1)C(C#N)(C#N)C(c1ccc(Cl)cc1)O3. The summed E-state index contributed by atoms with van der Waals surface area (Å²) < 4.78 is 12.2. The molecule has 27 heavy (non-hydrogen) atoms. The van der Waals surface area contributed by atoms with E-state index in [2.05, 4.69) is 25.1 Å². The van der Waals surface area contributed by atoms with Crippen LogP contribution in [-0.4, -0.2) is 11.7 Å². The zero-order valence-corrected chi connectivity index (χ0v) is 15.5. The second-order valence-electron chi connectivity index (χ2n) is 7.68. The smallest absolute Gasteiger partial charge is 0.217 e. The number of hydrogen-bond donors (Lipinski definition) is 1. The Morgan fingerprint density at radius 1 is 1.15 bits per heavy atom. The zero-order chi connectivity index (χ0) is 19.4. The highest BCUT2D eigenvalue weighted by atomic mass is 35.5. The van der Waals surface area contributed by atoms with Crippen molar-refractivity contribution in [2.45, 2.75) is 38.1 Å². The molecule has 2 bridgehead atoms. The van der Waals surface area contributed by atoms with Crippen LogP contribution in [0.3, 0.4) is 0 Å². The molecule has 3 fully saturated rings. The number of benzene rings is 1. The highest BCUT2D eigenvalue weighted by Crippen LogP contribution is 2.69. The normalized spacial score (nSPS) is 38.6. The summed E-state index contributed by atoms with van der Waals surface area (Å²) in [4.78, 5) is 0. The average Bonchev–Trinajstić information content (AvgIpc) is 2.86. The fourth-order valence-corrected chi connectivity index (χ4v) is 5.09. The van der Waals surface area contributed by atoms with E-state index in [-0.39, 0.29) is 11.8 Å². The van der Waals surface area contributed by atoms with Crippen LogP contribution in [0.15, 0.2) is 24.3 Å². The topological polar surface area (TPSA) is 114 Å². The largest absolute Gasteiger partial charge is 0.447 e. The number of hydrogen-bond acceptors (Lipinski definition) is 6. The van der Waals surface area contributed by atoms with Crippen LogP contribution in [0.5, 0.6) is 0 Å². The number of rotatable bonds is 1. The molecule has 5 unspecified atom stereocenters. The minimum Gasteiger partial charge on any atom is -0.447 e. The molecule has 5 atom stereocenters. The molecular formula is C20H17ClN4O2. The van der Waals surface area contributed by atoms with Crippen molar-refractivity contribution < 1.29 is 9.47 Å². The van der Waals surface area contributed by atoms with Crippen molar-refractivity contribution in [3.05, 3.63) is 34.9 Å². The predicted octanol–water partition coefficient (Wildman–Crippen LogP) is 4.09. The monoisotopic (exact) mass is 380 g/mol. The molecule has 2 heterocycles. The van der Waals surface area contributed by atoms with Crippen LogP contribution in [0.25, 0.3) is 0 Å². The zero-order valence-electron chi connectivity index (χ0n) is 14.7. The van der Waals surface area contributed by atoms with Gasteiger partial charge in [-0.25, -0.2) is 0 Å². The number of ether oxygens (including phenoxy) is 2. The number of halogens is 1. The van der Waals surface area contributed by atoms with Gasteiger partial charge in [0.25, 0.3) is 0 Å². The molecule has 2 aliphatic heterocycles. The predicted molar refractivity (Wildman–Crippen MR) is 95.0 cm³/mol. The third-order valence-electron chi connectivity index (χ3n) is 6.34. The fourth-order valence-electron chi connectivity index (χ4n) is 4.97. The highest BCUT2D eigenvalue weighted by molar-refractivity contribution is 6.30. The van der Waals surface area contributed by atoms with Crippen molar-refractivity contribution in [1.82, 2.24) is 0 Å². The molecule has 4 rings (SSSR count). The van der Waals surface area contributed by atoms with Gasteiger partial charge in [0, 0.05) is 11.4 Å². The molecule has 136 valence electrons. The van der Waals surface area contributed by atoms with Crippen molar-refractivity contribution in [2.75, 3.05) is 0 Å². The number of nitrogens with zero attached hydrogens (tertiary/aromatic N) is 3. The average molecular weight is 381 g/mol. The van der Waals surface area contributed by atoms with E-state index in [1.54, 1.807) is 24.3 Å². The molecular weight excluding hydrogens is 364 g/mol. The quantitative estimate of drug-likeness (QED) is 0.787. The summed E-state index contributed by atoms with van der Waals surface area (Å²) >= 11 is 5.98. The van der Waals surface area contributed by atoms with E-state index >= 15 is 0 Å². The second-order valence-corrected chi connectivity index (χ2v) is 8.11. The maximum Gasteiger partial charge on any atom is 0.217 e. The summed E-state index contributed by atoms with van der Waals surface area (Å²) in [6.07, 6.45) is 0.887. The summed E-state index contributed by atoms with van der Waals surface area (Å²) in [6, 6.07) is 13.0. The standard InChI is InChI=1S/C20H17ClN4O2/c1-12-6-7-20-15(8-12)19(11-24,17(25)27-20)18(9-22,10-23)16(26-20)13-2-4-14(21)5-3-13/h2-5,12,15-16,25H,6-8H2,1H3. The minimum atomic E-state index is -1.89. The lowest BCUT2D eigenvalue weighted by molar-refractivity contribution is -0.298. The van der Waals surface area contributed by atoms with Crippen LogP contribution in [0.4, 0.5) is 0 Å². The summed E-state index contributed by atoms with van der Waals surface area (Å²) in [5, 5.41) is 39.5. The molecule has 1 aromatic carbocycles. The molecule has 1 saturated carbocycles. The third-order valence-corrected chi connectivity index (χ3v) is 6.60. The van der Waals surface area contributed by atoms with E-state index < -0.39 is 28.6 Å². The molecule has 7 heteroatoms. The Labute approximate surface area is 162 Å². The molecule has 1 aliphatic carbocycles. The first-order valence-electron chi connectivity index (χ1n) is 8.84. The van der Waals surface area contributed by atoms with E-state index in [4.69, 9.17) is 26.5 Å². The molecule has 1 aromatic rings. The van der Waals surface area contributed by atoms with Gasteiger partial charge in [0.15, 0.2) is 5.41 Å². The van der Waals surface area contributed by atoms with Crippen LogP contribution in [0, 0.1) is 62.1 Å². The highest BCUT2D eigenvalue weighted by Gasteiger charge is 2.80. The van der Waals surface area contributed by atoms with Gasteiger partial charge in [-0.05, 0) is 36.5 Å². The van der Waals surface area contributed by atoms with Crippen molar-refractivity contribution >= 4 is 17.5 Å². The summed E-state index contributed by atoms with van der Waals surface area (Å²) in [6.45, 7) is 2.06. The van der Waals surface area contributed by atoms with Crippen molar-refractivity contribution in [1.29, 1.82) is 21.2 Å². The first kappa shape index (κ1) is 17.8. The Balaban J connectivity index is 1.98. The van der Waals surface area contributed by atoms with E-state index in [0.717, 1.165) is 6.42 Å². The van der Waals surface area contributed by atoms with Gasteiger partial charge < -0.3 is 9.47 Å². The Hall–Kier alpha value is -2.59. The Morgan fingerprint density at radius 3 is 2.41 bits per heavy atom. The van der Waals surface area contributed by atoms with Crippen LogP contribution >= 0.6 is 11.6 Å². The maximum absolute atomic E-state index is 10.2. The maximum atomic E-state index is 10.2. The first-order chi connectivity index (χ1) is 12.9. The van der Waals surface area contributed by atoms with Crippen molar-refractivity contribution in [3.63, 3.8) is 0 Å². The van der Waals surface area contributed by atoms with Gasteiger partial charge in [0.2, 0.25) is 17.1 Å². The molecule has 0 spiro atoms. The molecule has 3 aliphatic rings. The molecule has 0 amide bonds. The lowest BCUT2D eigenvalue weighted by Gasteiger charge is -2.52. The minimum absolute atomic E-state index is 0.288. The number of nitrogens with one attached hydrogen (secondary N) is 1. The van der Waals surface area contributed by atoms with Gasteiger partial charge in [-0.3, -0.25) is 5.41 Å². The summed E-state index contributed by atoms with van der Waals surface area (Å²) in [5.74, 6) is -1.73. The lowest BCUT2D eigenvalue weighted by Crippen LogP contribution is -2.60. The number of nitriles is 3. The van der Waals surface area contributed by atoms with E-state index in [9.17, 15) is 15.8 Å². The molecule has 0 radical (unpaired) electrons. The Morgan fingerprint density at radius 2 is 1.81 bits per heavy atom. The van der Waals surface area contributed by atoms with Crippen LogP contribution in [0.1, 0.15) is 37.9 Å². The Kier molecular flexibility index (Phi) is 3.76. The molecule has 2 saturated heterocycles.